The molecule has 0 radical (unpaired) electrons. The Balaban J connectivity index is 1.00. The lowest BCUT2D eigenvalue weighted by Crippen LogP contribution is -2.46. The van der Waals surface area contributed by atoms with Gasteiger partial charge in [-0.05, 0) is 42.3 Å². The summed E-state index contributed by atoms with van der Waals surface area (Å²) in [5.74, 6) is 3.59. The van der Waals surface area contributed by atoms with E-state index in [1.54, 1.807) is 6.07 Å². The average Bonchev–Trinajstić information content (AvgIpc) is 3.65. The number of anilines is 1. The summed E-state index contributed by atoms with van der Waals surface area (Å²) in [5.41, 5.74) is 3.20. The summed E-state index contributed by atoms with van der Waals surface area (Å²) in [6, 6.07) is 21.8. The van der Waals surface area contributed by atoms with Crippen LogP contribution >= 0.6 is 11.8 Å². The third-order valence-electron chi connectivity index (χ3n) is 6.88. The van der Waals surface area contributed by atoms with E-state index in [-0.39, 0.29) is 18.5 Å². The third-order valence-corrected chi connectivity index (χ3v) is 7.75. The van der Waals surface area contributed by atoms with Crippen LogP contribution in [0.4, 0.5) is 5.82 Å². The van der Waals surface area contributed by atoms with Crippen molar-refractivity contribution in [3.05, 3.63) is 95.1 Å². The highest BCUT2D eigenvalue weighted by atomic mass is 32.2. The van der Waals surface area contributed by atoms with Crippen LogP contribution < -0.4 is 19.7 Å². The van der Waals surface area contributed by atoms with Gasteiger partial charge in [0, 0.05) is 51.0 Å². The number of aryl methyl sites for hydroxylation is 1. The average molecular weight is 558 g/mol. The Bertz CT molecular complexity index is 1470. The number of amides is 1. The first-order chi connectivity index (χ1) is 19.6. The largest absolute Gasteiger partial charge is 0.455 e. The fraction of sp³-hybridized carbons (Fsp3) is 0.300. The molecule has 6 rings (SSSR count). The van der Waals surface area contributed by atoms with E-state index in [4.69, 9.17) is 18.9 Å². The van der Waals surface area contributed by atoms with Gasteiger partial charge in [-0.1, -0.05) is 48.2 Å². The van der Waals surface area contributed by atoms with E-state index < -0.39 is 0 Å². The second-order valence-electron chi connectivity index (χ2n) is 9.82. The number of rotatable bonds is 9. The predicted molar refractivity (Wildman–Crippen MR) is 153 cm³/mol. The van der Waals surface area contributed by atoms with Crippen LogP contribution in [0.3, 0.4) is 0 Å². The van der Waals surface area contributed by atoms with E-state index in [0.29, 0.717) is 29.0 Å². The Morgan fingerprint density at radius 1 is 0.925 bits per heavy atom. The lowest BCUT2D eigenvalue weighted by molar-refractivity contribution is 0.0921. The summed E-state index contributed by atoms with van der Waals surface area (Å²) in [4.78, 5) is 26.9. The molecule has 9 nitrogen and oxygen atoms in total. The predicted octanol–water partition coefficient (Wildman–Crippen LogP) is 4.65. The molecule has 0 bridgehead atoms. The molecule has 1 fully saturated rings. The van der Waals surface area contributed by atoms with Gasteiger partial charge >= 0.3 is 0 Å². The smallest absolute Gasteiger partial charge is 0.287 e. The molecule has 1 N–H and O–H groups in total. The van der Waals surface area contributed by atoms with Crippen molar-refractivity contribution >= 4 is 23.5 Å². The number of hydrogen-bond donors (Lipinski definition) is 1. The highest BCUT2D eigenvalue weighted by Gasteiger charge is 2.20. The quantitative estimate of drug-likeness (QED) is 0.233. The highest BCUT2D eigenvalue weighted by molar-refractivity contribution is 7.98. The van der Waals surface area contributed by atoms with Crippen molar-refractivity contribution in [3.63, 3.8) is 0 Å². The van der Waals surface area contributed by atoms with Crippen molar-refractivity contribution in [2.45, 2.75) is 30.9 Å². The van der Waals surface area contributed by atoms with Crippen molar-refractivity contribution in [1.29, 1.82) is 0 Å². The number of nitrogens with one attached hydrogen (secondary N) is 1. The molecule has 4 heterocycles. The van der Waals surface area contributed by atoms with E-state index in [0.717, 1.165) is 55.5 Å². The first kappa shape index (κ1) is 26.2. The summed E-state index contributed by atoms with van der Waals surface area (Å²) < 4.78 is 16.6. The Kier molecular flexibility index (Phi) is 7.87. The number of aromatic nitrogens is 2. The molecule has 0 unspecified atom stereocenters. The third kappa shape index (κ3) is 6.40. The molecule has 2 aromatic heterocycles. The molecular formula is C30H31N5O4S. The minimum atomic E-state index is -0.269. The zero-order valence-corrected chi connectivity index (χ0v) is 23.2. The number of furan rings is 1. The standard InChI is InChI=1S/C30H31N5O4S/c1-21-15-28(35-13-11-34(12-14-35)18-22-5-3-2-4-6-22)33-30(32-21)40-19-24-8-10-26(39-24)29(36)31-17-23-7-9-25-27(16-23)38-20-37-25/h2-10,15-16H,11-14,17-20H2,1H3,(H,31,36). The molecule has 2 aliphatic rings. The molecule has 10 heteroatoms. The SMILES string of the molecule is Cc1cc(N2CCN(Cc3ccccc3)CC2)nc(SCc2ccc(C(=O)NCc3ccc4c(c3)OCO4)o2)n1. The van der Waals surface area contributed by atoms with Gasteiger partial charge in [0.2, 0.25) is 6.79 Å². The second kappa shape index (κ2) is 12.0. The number of thioether (sulfide) groups is 1. The van der Waals surface area contributed by atoms with Crippen LogP contribution in [0.1, 0.15) is 33.1 Å². The van der Waals surface area contributed by atoms with E-state index in [9.17, 15) is 4.79 Å². The van der Waals surface area contributed by atoms with Crippen LogP contribution in [0.5, 0.6) is 11.5 Å². The molecule has 1 amide bonds. The summed E-state index contributed by atoms with van der Waals surface area (Å²) in [6.45, 7) is 7.39. The maximum atomic E-state index is 12.6. The van der Waals surface area contributed by atoms with E-state index >= 15 is 0 Å². The maximum absolute atomic E-state index is 12.6. The number of ether oxygens (including phenoxy) is 2. The van der Waals surface area contributed by atoms with Crippen LogP contribution in [0.25, 0.3) is 0 Å². The number of benzene rings is 2. The number of fused-ring (bicyclic) bond motifs is 1. The Hall–Kier alpha value is -4.02. The first-order valence-corrected chi connectivity index (χ1v) is 14.3. The van der Waals surface area contributed by atoms with Crippen molar-refractivity contribution in [2.24, 2.45) is 0 Å². The van der Waals surface area contributed by atoms with Crippen LogP contribution in [0, 0.1) is 6.92 Å². The second-order valence-corrected chi connectivity index (χ2v) is 10.8. The molecule has 4 aromatic rings. The zero-order chi connectivity index (χ0) is 27.3. The van der Waals surface area contributed by atoms with E-state index in [1.807, 2.05) is 37.3 Å². The van der Waals surface area contributed by atoms with Crippen molar-refractivity contribution < 1.29 is 18.7 Å². The van der Waals surface area contributed by atoms with Gasteiger partial charge in [0.25, 0.3) is 5.91 Å². The van der Waals surface area contributed by atoms with E-state index in [2.05, 4.69) is 50.4 Å². The van der Waals surface area contributed by atoms with Gasteiger partial charge in [-0.25, -0.2) is 9.97 Å². The van der Waals surface area contributed by atoms with Gasteiger partial charge < -0.3 is 24.1 Å². The summed E-state index contributed by atoms with van der Waals surface area (Å²) >= 11 is 1.50. The van der Waals surface area contributed by atoms with Crippen LogP contribution in [0.2, 0.25) is 0 Å². The normalized spacial score (nSPS) is 14.9. The minimum Gasteiger partial charge on any atom is -0.455 e. The number of piperazine rings is 1. The van der Waals surface area contributed by atoms with Crippen LogP contribution in [-0.4, -0.2) is 53.7 Å². The molecular weight excluding hydrogens is 526 g/mol. The van der Waals surface area contributed by atoms with Crippen molar-refractivity contribution in [3.8, 4) is 11.5 Å². The van der Waals surface area contributed by atoms with Gasteiger partial charge in [-0.2, -0.15) is 0 Å². The van der Waals surface area contributed by atoms with Gasteiger partial charge in [0.1, 0.15) is 11.6 Å². The Labute approximate surface area is 237 Å². The molecule has 206 valence electrons. The summed E-state index contributed by atoms with van der Waals surface area (Å²) in [5, 5.41) is 3.59. The monoisotopic (exact) mass is 557 g/mol. The summed E-state index contributed by atoms with van der Waals surface area (Å²) in [6.07, 6.45) is 0. The Morgan fingerprint density at radius 2 is 1.75 bits per heavy atom. The molecule has 2 aromatic carbocycles. The van der Waals surface area contributed by atoms with E-state index in [1.165, 1.54) is 17.3 Å². The molecule has 2 aliphatic heterocycles. The summed E-state index contributed by atoms with van der Waals surface area (Å²) in [7, 11) is 0. The molecule has 0 spiro atoms. The first-order valence-electron chi connectivity index (χ1n) is 13.3. The maximum Gasteiger partial charge on any atom is 0.287 e. The molecule has 0 atom stereocenters. The number of hydrogen-bond acceptors (Lipinski definition) is 9. The fourth-order valence-electron chi connectivity index (χ4n) is 4.76. The zero-order valence-electron chi connectivity index (χ0n) is 22.3. The minimum absolute atomic E-state index is 0.222. The number of carbonyl (C=O) groups excluding carboxylic acids is 1. The van der Waals surface area contributed by atoms with Crippen LogP contribution in [0.15, 0.2) is 76.3 Å². The molecule has 0 aliphatic carbocycles. The van der Waals surface area contributed by atoms with Gasteiger partial charge in [-0.3, -0.25) is 9.69 Å². The van der Waals surface area contributed by atoms with Gasteiger partial charge in [0.15, 0.2) is 22.4 Å². The number of nitrogens with zero attached hydrogens (tertiary/aromatic N) is 4. The lowest BCUT2D eigenvalue weighted by atomic mass is 10.2. The molecule has 0 saturated carbocycles. The van der Waals surface area contributed by atoms with Crippen molar-refractivity contribution in [2.75, 3.05) is 37.9 Å². The van der Waals surface area contributed by atoms with Crippen LogP contribution in [-0.2, 0) is 18.8 Å². The fourth-order valence-corrected chi connectivity index (χ4v) is 5.56. The molecule has 40 heavy (non-hydrogen) atoms. The number of carbonyl (C=O) groups is 1. The van der Waals surface area contributed by atoms with Gasteiger partial charge in [-0.15, -0.1) is 0 Å². The van der Waals surface area contributed by atoms with Gasteiger partial charge in [0.05, 0.1) is 5.75 Å². The lowest BCUT2D eigenvalue weighted by Gasteiger charge is -2.35. The molecule has 1 saturated heterocycles. The Morgan fingerprint density at radius 3 is 2.60 bits per heavy atom. The van der Waals surface area contributed by atoms with Crippen molar-refractivity contribution in [1.82, 2.24) is 20.2 Å². The topological polar surface area (TPSA) is 93.0 Å². The highest BCUT2D eigenvalue weighted by Crippen LogP contribution is 2.32.